The second kappa shape index (κ2) is 7.82. The van der Waals surface area contributed by atoms with Crippen molar-refractivity contribution in [1.82, 2.24) is 0 Å². The van der Waals surface area contributed by atoms with E-state index in [1.165, 1.54) is 25.9 Å². The Labute approximate surface area is 138 Å². The van der Waals surface area contributed by atoms with Gasteiger partial charge in [-0.1, -0.05) is 0 Å². The molecule has 146 valence electrons. The maximum atomic E-state index is 11.1. The molecule has 12 heteroatoms. The van der Waals surface area contributed by atoms with E-state index in [0.717, 1.165) is 17.8 Å². The van der Waals surface area contributed by atoms with Gasteiger partial charge in [-0.25, -0.2) is 0 Å². The predicted octanol–water partition coefficient (Wildman–Crippen LogP) is 3.65. The van der Waals surface area contributed by atoms with Gasteiger partial charge in [0.15, 0.2) is 6.73 Å². The fraction of sp³-hybridized carbons (Fsp3) is 1.00. The fourth-order valence-corrected chi connectivity index (χ4v) is 2.65. The first-order valence-corrected chi connectivity index (χ1v) is 9.00. The molecule has 1 heterocycles. The van der Waals surface area contributed by atoms with E-state index in [-0.39, 0.29) is 0 Å². The number of hydrogen-bond donors (Lipinski definition) is 0. The highest BCUT2D eigenvalue weighted by Gasteiger charge is 2.58. The number of likely N-dealkylation sites (tertiary alicyclic amines) is 1. The molecule has 0 aromatic carbocycles. The average molecular weight is 387 g/mol. The van der Waals surface area contributed by atoms with Crippen molar-refractivity contribution in [1.29, 1.82) is 0 Å². The first-order chi connectivity index (χ1) is 10.5. The van der Waals surface area contributed by atoms with Crippen molar-refractivity contribution in [2.24, 2.45) is 0 Å². The van der Waals surface area contributed by atoms with Gasteiger partial charge in [0.1, 0.15) is 0 Å². The summed E-state index contributed by atoms with van der Waals surface area (Å²) in [6, 6.07) is 0. The second-order valence-corrected chi connectivity index (χ2v) is 8.69. The van der Waals surface area contributed by atoms with Crippen LogP contribution in [0.25, 0.3) is 0 Å². The molecule has 24 heavy (non-hydrogen) atoms. The highest BCUT2D eigenvalue weighted by atomic mass is 32.2. The normalized spacial score (nSPS) is 18.9. The van der Waals surface area contributed by atoms with Crippen LogP contribution in [0.15, 0.2) is 0 Å². The Morgan fingerprint density at radius 2 is 1.46 bits per heavy atom. The molecule has 1 saturated heterocycles. The van der Waals surface area contributed by atoms with Gasteiger partial charge >= 0.3 is 11.8 Å². The van der Waals surface area contributed by atoms with E-state index >= 15 is 0 Å². The molecule has 1 fully saturated rings. The number of alkyl halides is 3. The minimum absolute atomic E-state index is 0.339. The molecule has 1 aliphatic rings. The zero-order valence-electron chi connectivity index (χ0n) is 14.2. The molecule has 0 radical (unpaired) electrons. The number of quaternary nitrogens is 1. The first-order valence-electron chi connectivity index (χ1n) is 7.45. The van der Waals surface area contributed by atoms with Gasteiger partial charge in [0, 0.05) is 19.4 Å². The van der Waals surface area contributed by atoms with Gasteiger partial charge in [-0.3, -0.25) is 12.9 Å². The number of halogens is 6. The molecule has 0 aromatic rings. The van der Waals surface area contributed by atoms with Gasteiger partial charge in [0.25, 0.3) is 0 Å². The Hall–Kier alpha value is -0.485. The summed E-state index contributed by atoms with van der Waals surface area (Å²) in [6.45, 7) is 13.4. The van der Waals surface area contributed by atoms with Crippen molar-refractivity contribution in [3.63, 3.8) is 0 Å². The minimum Gasteiger partial charge on any atom is -0.436 e. The molecule has 0 bridgehead atoms. The summed E-state index contributed by atoms with van der Waals surface area (Å²) in [4.78, 5) is 0. The molecule has 4 nitrogen and oxygen atoms in total. The monoisotopic (exact) mass is 387 g/mol. The second-order valence-electron chi connectivity index (χ2n) is 6.60. The summed E-state index contributed by atoms with van der Waals surface area (Å²) in [6.07, 6.45) is -4.17. The summed E-state index contributed by atoms with van der Waals surface area (Å²) in [7, 11) is -6.95. The van der Waals surface area contributed by atoms with Crippen LogP contribution in [0.3, 0.4) is 0 Å². The van der Waals surface area contributed by atoms with E-state index in [1.807, 2.05) is 0 Å². The van der Waals surface area contributed by atoms with Crippen LogP contribution < -0.4 is 0 Å². The number of rotatable bonds is 4. The Bertz CT molecular complexity index is 472. The third kappa shape index (κ3) is 5.52. The van der Waals surface area contributed by atoms with Crippen molar-refractivity contribution < 1.29 is 43.8 Å². The molecular weight excluding hydrogens is 363 g/mol. The van der Waals surface area contributed by atoms with E-state index in [4.69, 9.17) is 4.74 Å². The topological polar surface area (TPSA) is 43.4 Å². The summed E-state index contributed by atoms with van der Waals surface area (Å²) in [5.74, 6) is 0. The van der Waals surface area contributed by atoms with Gasteiger partial charge in [-0.15, -0.1) is 0 Å². The van der Waals surface area contributed by atoms with Crippen LogP contribution >= 0.6 is 0 Å². The molecule has 1 rings (SSSR count). The lowest BCUT2D eigenvalue weighted by molar-refractivity contribution is -0.976. The lowest BCUT2D eigenvalue weighted by atomic mass is 10.0. The standard InChI is InChI=1S/C11H24NO.CBF6O2S/c1-5-13-10-12(11(2,3)4)8-6-7-9-12;3-1(4,5)11(9,10)2(6,7)8/h5-10H2,1-4H3;/q+1;-1. The molecule has 0 spiro atoms. The molecule has 0 aliphatic carbocycles. The van der Waals surface area contributed by atoms with Crippen LogP contribution in [0.2, 0.25) is 0 Å². The number of hydrogen-bond acceptors (Lipinski definition) is 3. The highest BCUT2D eigenvalue weighted by molar-refractivity contribution is 8.20. The third-order valence-corrected chi connectivity index (χ3v) is 5.41. The van der Waals surface area contributed by atoms with Crippen LogP contribution in [-0.2, 0) is 14.4 Å². The summed E-state index contributed by atoms with van der Waals surface area (Å²) in [5, 5.41) is 0. The maximum Gasteiger partial charge on any atom is 0.616 e. The van der Waals surface area contributed by atoms with Gasteiger partial charge in [-0.05, 0) is 27.7 Å². The van der Waals surface area contributed by atoms with Crippen molar-refractivity contribution in [2.75, 3.05) is 26.4 Å². The third-order valence-electron chi connectivity index (χ3n) is 4.06. The van der Waals surface area contributed by atoms with E-state index in [1.54, 1.807) is 0 Å². The van der Waals surface area contributed by atoms with E-state index < -0.39 is 21.5 Å². The highest BCUT2D eigenvalue weighted by Crippen LogP contribution is 2.33. The summed E-state index contributed by atoms with van der Waals surface area (Å²) < 4.78 is 92.0. The Morgan fingerprint density at radius 1 is 1.04 bits per heavy atom. The van der Waals surface area contributed by atoms with Gasteiger partial charge in [-0.2, -0.15) is 13.2 Å². The van der Waals surface area contributed by atoms with Crippen molar-refractivity contribution >= 4 is 15.9 Å². The fourth-order valence-electron chi connectivity index (χ4n) is 2.35. The lowest BCUT2D eigenvalue weighted by Gasteiger charge is -2.45. The van der Waals surface area contributed by atoms with Gasteiger partial charge in [0.05, 0.1) is 18.6 Å². The van der Waals surface area contributed by atoms with Gasteiger partial charge < -0.3 is 17.7 Å². The van der Waals surface area contributed by atoms with Crippen molar-refractivity contribution in [3.05, 3.63) is 0 Å². The molecule has 1 aliphatic heterocycles. The maximum absolute atomic E-state index is 11.1. The predicted molar refractivity (Wildman–Crippen MR) is 79.5 cm³/mol. The molecule has 0 aromatic heterocycles. The van der Waals surface area contributed by atoms with E-state index in [0.29, 0.717) is 5.54 Å². The van der Waals surface area contributed by atoms with Crippen LogP contribution in [0.4, 0.5) is 26.1 Å². The Balaban J connectivity index is 0.000000449. The van der Waals surface area contributed by atoms with Crippen LogP contribution in [0, 0.1) is 0 Å². The van der Waals surface area contributed by atoms with Crippen molar-refractivity contribution in [3.8, 4) is 0 Å². The summed E-state index contributed by atoms with van der Waals surface area (Å²) >= 11 is 0. The van der Waals surface area contributed by atoms with Crippen molar-refractivity contribution in [2.45, 2.75) is 51.6 Å². The minimum atomic E-state index is -6.95. The molecule has 0 saturated carbocycles. The molecule has 0 unspecified atom stereocenters. The zero-order valence-corrected chi connectivity index (χ0v) is 15.0. The average Bonchev–Trinajstić information content (AvgIpc) is 2.84. The number of ether oxygens (including phenoxy) is 1. The van der Waals surface area contributed by atoms with E-state index in [9.17, 15) is 34.5 Å². The first kappa shape index (κ1) is 23.5. The Kier molecular flexibility index (Phi) is 7.66. The van der Waals surface area contributed by atoms with E-state index in [2.05, 4.69) is 27.7 Å². The lowest BCUT2D eigenvalue weighted by Crippen LogP contribution is -2.59. The zero-order chi connectivity index (χ0) is 19.4. The SMILES string of the molecule is CCOC[N+]1(C(C)(C)C)CCCC1.O=S(=O)([B-](F)(F)F)C(F)(F)F. The van der Waals surface area contributed by atoms with Crippen LogP contribution in [0.1, 0.15) is 40.5 Å². The number of nitrogens with zero attached hydrogens (tertiary/aromatic N) is 1. The quantitative estimate of drug-likeness (QED) is 0.420. The largest absolute Gasteiger partial charge is 0.616 e. The molecular formula is C12H24BF6NO3S. The Morgan fingerprint density at radius 3 is 1.67 bits per heavy atom. The smallest absolute Gasteiger partial charge is 0.436 e. The van der Waals surface area contributed by atoms with Crippen LogP contribution in [0.5, 0.6) is 0 Å². The molecule has 0 N–H and O–H groups in total. The summed E-state index contributed by atoms with van der Waals surface area (Å²) in [5.41, 5.74) is -5.91. The van der Waals surface area contributed by atoms with Gasteiger partial charge in [0.2, 0.25) is 9.69 Å². The molecule has 0 atom stereocenters. The van der Waals surface area contributed by atoms with Crippen LogP contribution in [-0.4, -0.2) is 56.6 Å². The molecule has 0 amide bonds.